The van der Waals surface area contributed by atoms with E-state index in [0.29, 0.717) is 32.6 Å². The van der Waals surface area contributed by atoms with Crippen molar-refractivity contribution in [2.24, 2.45) is 5.73 Å². The summed E-state index contributed by atoms with van der Waals surface area (Å²) < 4.78 is 0. The third-order valence-corrected chi connectivity index (χ3v) is 5.66. The van der Waals surface area contributed by atoms with Gasteiger partial charge in [-0.1, -0.05) is 18.2 Å². The fraction of sp³-hybridized carbons (Fsp3) is 0. The Labute approximate surface area is 168 Å². The van der Waals surface area contributed by atoms with Crippen LogP contribution in [0.2, 0.25) is 0 Å². The third kappa shape index (κ3) is 2.93. The maximum atomic E-state index is 12.3. The summed E-state index contributed by atoms with van der Waals surface area (Å²) in [5.74, 6) is -0.284. The van der Waals surface area contributed by atoms with E-state index in [0.717, 1.165) is 16.6 Å². The highest BCUT2D eigenvalue weighted by Gasteiger charge is 2.24. The second-order valence-corrected chi connectivity index (χ2v) is 7.38. The molecule has 0 aliphatic carbocycles. The highest BCUT2D eigenvalue weighted by atomic mass is 32.1. The number of hydrogen-bond donors (Lipinski definition) is 4. The summed E-state index contributed by atoms with van der Waals surface area (Å²) in [5.41, 5.74) is 8.82. The normalized spacial score (nSPS) is 14.2. The molecule has 8 nitrogen and oxygen atoms in total. The van der Waals surface area contributed by atoms with Gasteiger partial charge in [-0.25, -0.2) is 9.97 Å². The molecule has 0 saturated carbocycles. The summed E-state index contributed by atoms with van der Waals surface area (Å²) in [4.78, 5) is 37.0. The van der Waals surface area contributed by atoms with Crippen molar-refractivity contribution in [2.75, 3.05) is 10.6 Å². The van der Waals surface area contributed by atoms with Crippen molar-refractivity contribution in [1.29, 1.82) is 0 Å². The van der Waals surface area contributed by atoms with Gasteiger partial charge in [0, 0.05) is 29.0 Å². The van der Waals surface area contributed by atoms with Gasteiger partial charge >= 0.3 is 0 Å². The molecule has 5 N–H and O–H groups in total. The number of para-hydroxylation sites is 1. The predicted octanol–water partition coefficient (Wildman–Crippen LogP) is 3.35. The largest absolute Gasteiger partial charge is 0.365 e. The van der Waals surface area contributed by atoms with E-state index in [1.165, 1.54) is 11.3 Å². The van der Waals surface area contributed by atoms with E-state index in [2.05, 4.69) is 25.6 Å². The molecule has 5 rings (SSSR count). The number of H-pyrrole nitrogens is 1. The van der Waals surface area contributed by atoms with E-state index < -0.39 is 5.91 Å². The van der Waals surface area contributed by atoms with Gasteiger partial charge < -0.3 is 21.4 Å². The van der Waals surface area contributed by atoms with Gasteiger partial charge in [0.05, 0.1) is 17.0 Å². The van der Waals surface area contributed by atoms with Gasteiger partial charge in [-0.3, -0.25) is 9.59 Å². The van der Waals surface area contributed by atoms with Crippen LogP contribution in [-0.2, 0) is 4.79 Å². The second kappa shape index (κ2) is 6.57. The number of hydrogen-bond acceptors (Lipinski definition) is 6. The van der Waals surface area contributed by atoms with Crippen molar-refractivity contribution in [2.45, 2.75) is 0 Å². The molecule has 0 atom stereocenters. The van der Waals surface area contributed by atoms with Crippen LogP contribution in [0.1, 0.15) is 20.9 Å². The number of thiophene rings is 1. The van der Waals surface area contributed by atoms with Gasteiger partial charge in [-0.2, -0.15) is 0 Å². The summed E-state index contributed by atoms with van der Waals surface area (Å²) in [5, 5.41) is 6.74. The molecule has 0 unspecified atom stereocenters. The van der Waals surface area contributed by atoms with Crippen LogP contribution in [0.25, 0.3) is 21.9 Å². The van der Waals surface area contributed by atoms with Gasteiger partial charge in [-0.15, -0.1) is 11.3 Å². The van der Waals surface area contributed by atoms with Gasteiger partial charge in [0.2, 0.25) is 5.95 Å². The molecular formula is C20H14N6O2S. The lowest BCUT2D eigenvalue weighted by atomic mass is 10.1. The van der Waals surface area contributed by atoms with Gasteiger partial charge in [0.25, 0.3) is 11.8 Å². The number of carbonyl (C=O) groups is 2. The fourth-order valence-corrected chi connectivity index (χ4v) is 4.20. The lowest BCUT2D eigenvalue weighted by Crippen LogP contribution is -2.11. The number of carbonyl (C=O) groups excluding carboxylic acids is 2. The van der Waals surface area contributed by atoms with Crippen molar-refractivity contribution in [3.8, 4) is 0 Å². The van der Waals surface area contributed by atoms with Crippen LogP contribution >= 0.6 is 11.3 Å². The summed E-state index contributed by atoms with van der Waals surface area (Å²) in [6, 6.07) is 11.1. The summed E-state index contributed by atoms with van der Waals surface area (Å²) in [6.07, 6.45) is 5.06. The van der Waals surface area contributed by atoms with Crippen molar-refractivity contribution in [1.82, 2.24) is 15.0 Å². The zero-order valence-corrected chi connectivity index (χ0v) is 15.7. The van der Waals surface area contributed by atoms with E-state index in [-0.39, 0.29) is 5.91 Å². The minimum Gasteiger partial charge on any atom is -0.365 e. The first kappa shape index (κ1) is 17.1. The number of nitrogens with zero attached hydrogens (tertiary/aromatic N) is 2. The van der Waals surface area contributed by atoms with Crippen molar-refractivity contribution < 1.29 is 9.59 Å². The fourth-order valence-electron chi connectivity index (χ4n) is 3.25. The number of pyridine rings is 1. The zero-order chi connectivity index (χ0) is 20.0. The van der Waals surface area contributed by atoms with Crippen LogP contribution in [0.5, 0.6) is 0 Å². The predicted molar refractivity (Wildman–Crippen MR) is 113 cm³/mol. The molecule has 0 saturated heterocycles. The Hall–Kier alpha value is -3.98. The molecule has 1 aliphatic rings. The first-order chi connectivity index (χ1) is 14.1. The minimum atomic E-state index is -0.538. The van der Waals surface area contributed by atoms with Crippen LogP contribution in [0.15, 0.2) is 48.8 Å². The number of nitrogens with two attached hydrogens (primary N) is 1. The van der Waals surface area contributed by atoms with Crippen molar-refractivity contribution in [3.05, 3.63) is 64.9 Å². The second-order valence-electron chi connectivity index (χ2n) is 6.38. The lowest BCUT2D eigenvalue weighted by molar-refractivity contribution is -0.110. The molecule has 4 aromatic rings. The quantitative estimate of drug-likeness (QED) is 0.390. The van der Waals surface area contributed by atoms with Crippen LogP contribution < -0.4 is 16.4 Å². The first-order valence-electron chi connectivity index (χ1n) is 8.72. The topological polar surface area (TPSA) is 126 Å². The van der Waals surface area contributed by atoms with E-state index in [1.807, 2.05) is 30.3 Å². The SMILES string of the molecule is NC(=O)c1sc2ncccc2c1Nc1nc(/C=C2\C(=O)Nc3ccccc32)c[nH]1. The number of primary amides is 1. The average Bonchev–Trinajstić information content (AvgIpc) is 3.40. The standard InChI is InChI=1S/C20H14N6O2S/c21-17(27)16-15(12-5-3-7-22-19(12)29-16)26-20-23-9-10(24-20)8-13-11-4-1-2-6-14(11)25-18(13)28/h1-9H,(H2,21,27)(H,25,28)(H2,23,24,26)/b13-8-. The Bertz CT molecular complexity index is 1320. The maximum Gasteiger partial charge on any atom is 0.261 e. The monoisotopic (exact) mass is 402 g/mol. The van der Waals surface area contributed by atoms with Gasteiger partial charge in [0.1, 0.15) is 9.71 Å². The van der Waals surface area contributed by atoms with E-state index in [4.69, 9.17) is 5.73 Å². The van der Waals surface area contributed by atoms with Crippen LogP contribution in [0, 0.1) is 0 Å². The Balaban J connectivity index is 1.50. The van der Waals surface area contributed by atoms with E-state index >= 15 is 0 Å². The molecule has 142 valence electrons. The Morgan fingerprint density at radius 1 is 1.21 bits per heavy atom. The molecule has 0 radical (unpaired) electrons. The number of fused-ring (bicyclic) bond motifs is 2. The maximum absolute atomic E-state index is 12.3. The number of aromatic amines is 1. The highest BCUT2D eigenvalue weighted by Crippen LogP contribution is 2.36. The highest BCUT2D eigenvalue weighted by molar-refractivity contribution is 7.21. The van der Waals surface area contributed by atoms with Gasteiger partial charge in [-0.05, 0) is 24.3 Å². The minimum absolute atomic E-state index is 0.172. The van der Waals surface area contributed by atoms with Crippen LogP contribution in [-0.4, -0.2) is 26.8 Å². The number of amides is 2. The van der Waals surface area contributed by atoms with Crippen molar-refractivity contribution in [3.63, 3.8) is 0 Å². The summed E-state index contributed by atoms with van der Waals surface area (Å²) in [6.45, 7) is 0. The summed E-state index contributed by atoms with van der Waals surface area (Å²) in [7, 11) is 0. The Kier molecular flexibility index (Phi) is 3.88. The average molecular weight is 402 g/mol. The van der Waals surface area contributed by atoms with Crippen LogP contribution in [0.4, 0.5) is 17.3 Å². The number of aromatic nitrogens is 3. The molecule has 9 heteroatoms. The molecule has 29 heavy (non-hydrogen) atoms. The Morgan fingerprint density at radius 2 is 2.07 bits per heavy atom. The first-order valence-corrected chi connectivity index (χ1v) is 9.54. The lowest BCUT2D eigenvalue weighted by Gasteiger charge is -2.03. The molecule has 3 aromatic heterocycles. The molecule has 2 amide bonds. The number of rotatable bonds is 4. The molecule has 1 aliphatic heterocycles. The summed E-state index contributed by atoms with van der Waals surface area (Å²) >= 11 is 1.22. The Morgan fingerprint density at radius 3 is 2.93 bits per heavy atom. The van der Waals surface area contributed by atoms with E-state index in [1.54, 1.807) is 24.5 Å². The van der Waals surface area contributed by atoms with Crippen molar-refractivity contribution >= 4 is 62.3 Å². The third-order valence-electron chi connectivity index (χ3n) is 4.53. The molecule has 0 spiro atoms. The number of imidazole rings is 1. The smallest absolute Gasteiger partial charge is 0.261 e. The number of nitrogens with one attached hydrogen (secondary N) is 3. The zero-order valence-electron chi connectivity index (χ0n) is 14.9. The molecule has 0 bridgehead atoms. The number of anilines is 3. The molecule has 4 heterocycles. The molecule has 1 aromatic carbocycles. The molecule has 0 fully saturated rings. The van der Waals surface area contributed by atoms with Crippen LogP contribution in [0.3, 0.4) is 0 Å². The molecular weight excluding hydrogens is 388 g/mol. The van der Waals surface area contributed by atoms with E-state index in [9.17, 15) is 9.59 Å². The van der Waals surface area contributed by atoms with Gasteiger partial charge in [0.15, 0.2) is 0 Å². The number of benzene rings is 1.